The quantitative estimate of drug-likeness (QED) is 0.875. The molecule has 1 aliphatic carbocycles. The molecule has 1 aliphatic rings. The first-order chi connectivity index (χ1) is 9.52. The lowest BCUT2D eigenvalue weighted by Gasteiger charge is -2.22. The zero-order chi connectivity index (χ0) is 14.6. The largest absolute Gasteiger partial charge is 0.493 e. The van der Waals surface area contributed by atoms with Crippen molar-refractivity contribution in [1.29, 1.82) is 0 Å². The van der Waals surface area contributed by atoms with Crippen LogP contribution in [-0.2, 0) is 16.3 Å². The Balaban J connectivity index is 1.96. The first kappa shape index (κ1) is 15.3. The minimum absolute atomic E-state index is 0.0421. The monoisotopic (exact) mass is 298 g/mol. The number of aliphatic hydroxyl groups excluding tert-OH is 1. The van der Waals surface area contributed by atoms with Gasteiger partial charge in [-0.2, -0.15) is 0 Å². The fourth-order valence-electron chi connectivity index (χ4n) is 2.54. The van der Waals surface area contributed by atoms with Crippen molar-refractivity contribution in [1.82, 2.24) is 0 Å². The Morgan fingerprint density at radius 2 is 2.15 bits per heavy atom. The molecule has 0 saturated heterocycles. The predicted molar refractivity (Wildman–Crippen MR) is 78.8 cm³/mol. The third-order valence-corrected chi connectivity index (χ3v) is 5.40. The van der Waals surface area contributed by atoms with E-state index in [0.29, 0.717) is 12.2 Å². The Morgan fingerprint density at radius 1 is 1.35 bits per heavy atom. The molecule has 0 aromatic heterocycles. The molecule has 1 aromatic rings. The molecular formula is C15H22O4S. The maximum absolute atomic E-state index is 11.6. The van der Waals surface area contributed by atoms with Crippen molar-refractivity contribution >= 4 is 9.84 Å². The number of ether oxygens (including phenoxy) is 1. The fraction of sp³-hybridized carbons (Fsp3) is 0.600. The Morgan fingerprint density at radius 3 is 2.90 bits per heavy atom. The zero-order valence-electron chi connectivity index (χ0n) is 11.8. The molecule has 0 saturated carbocycles. The van der Waals surface area contributed by atoms with E-state index >= 15 is 0 Å². The normalized spacial score (nSPS) is 18.6. The van der Waals surface area contributed by atoms with Crippen LogP contribution in [0.4, 0.5) is 0 Å². The highest BCUT2D eigenvalue weighted by atomic mass is 32.2. The van der Waals surface area contributed by atoms with Gasteiger partial charge in [-0.05, 0) is 48.9 Å². The summed E-state index contributed by atoms with van der Waals surface area (Å²) >= 11 is 0. The number of rotatable bonds is 6. The summed E-state index contributed by atoms with van der Waals surface area (Å²) in [6.45, 7) is 2.01. The third-order valence-electron chi connectivity index (χ3n) is 3.58. The van der Waals surface area contributed by atoms with Gasteiger partial charge in [0.2, 0.25) is 0 Å². The average molecular weight is 298 g/mol. The Bertz CT molecular complexity index is 551. The van der Waals surface area contributed by atoms with E-state index in [1.54, 1.807) is 0 Å². The Kier molecular flexibility index (Phi) is 5.05. The number of fused-ring (bicyclic) bond motifs is 1. The molecule has 0 aliphatic heterocycles. The van der Waals surface area contributed by atoms with Crippen LogP contribution in [0.3, 0.4) is 0 Å². The van der Waals surface area contributed by atoms with E-state index in [-0.39, 0.29) is 18.1 Å². The van der Waals surface area contributed by atoms with E-state index in [1.165, 1.54) is 0 Å². The molecule has 0 bridgehead atoms. The van der Waals surface area contributed by atoms with Gasteiger partial charge in [-0.1, -0.05) is 13.0 Å². The van der Waals surface area contributed by atoms with Gasteiger partial charge < -0.3 is 9.84 Å². The van der Waals surface area contributed by atoms with Crippen LogP contribution in [0.25, 0.3) is 0 Å². The lowest BCUT2D eigenvalue weighted by molar-refractivity contribution is 0.156. The van der Waals surface area contributed by atoms with Crippen molar-refractivity contribution in [2.24, 2.45) is 0 Å². The minimum Gasteiger partial charge on any atom is -0.493 e. The van der Waals surface area contributed by atoms with E-state index < -0.39 is 15.9 Å². The van der Waals surface area contributed by atoms with Crippen molar-refractivity contribution in [2.45, 2.75) is 38.7 Å². The van der Waals surface area contributed by atoms with Crippen LogP contribution in [0.15, 0.2) is 18.2 Å². The standard InChI is InChI=1S/C15H22O4S/c1-2-9-20(17,18)10-8-19-13-7-6-12-4-3-5-15(16)14(12)11-13/h6-7,11,15-16H,2-5,8-10H2,1H3/t15-/m1/s1. The summed E-state index contributed by atoms with van der Waals surface area (Å²) in [6.07, 6.45) is 2.97. The maximum atomic E-state index is 11.6. The van der Waals surface area contributed by atoms with E-state index in [0.717, 1.165) is 30.4 Å². The van der Waals surface area contributed by atoms with Crippen LogP contribution in [0.1, 0.15) is 43.4 Å². The Labute approximate surface area is 120 Å². The first-order valence-electron chi connectivity index (χ1n) is 7.16. The number of hydrogen-bond acceptors (Lipinski definition) is 4. The molecule has 2 rings (SSSR count). The van der Waals surface area contributed by atoms with Crippen LogP contribution in [0, 0.1) is 0 Å². The summed E-state index contributed by atoms with van der Waals surface area (Å²) < 4.78 is 28.7. The molecule has 0 unspecified atom stereocenters. The second kappa shape index (κ2) is 6.59. The van der Waals surface area contributed by atoms with Gasteiger partial charge >= 0.3 is 0 Å². The fourth-order valence-corrected chi connectivity index (χ4v) is 3.70. The van der Waals surface area contributed by atoms with Crippen molar-refractivity contribution in [3.63, 3.8) is 0 Å². The molecule has 1 aromatic carbocycles. The van der Waals surface area contributed by atoms with Crippen LogP contribution in [0.2, 0.25) is 0 Å². The molecule has 1 N–H and O–H groups in total. The van der Waals surface area contributed by atoms with Gasteiger partial charge in [-0.15, -0.1) is 0 Å². The minimum atomic E-state index is -3.00. The van der Waals surface area contributed by atoms with Crippen molar-refractivity contribution in [3.8, 4) is 5.75 Å². The molecule has 1 atom stereocenters. The van der Waals surface area contributed by atoms with Crippen molar-refractivity contribution < 1.29 is 18.3 Å². The highest BCUT2D eigenvalue weighted by Crippen LogP contribution is 2.32. The van der Waals surface area contributed by atoms with E-state index in [1.807, 2.05) is 25.1 Å². The molecule has 0 spiro atoms. The maximum Gasteiger partial charge on any atom is 0.153 e. The van der Waals surface area contributed by atoms with Gasteiger partial charge in [-0.25, -0.2) is 8.42 Å². The second-order valence-corrected chi connectivity index (χ2v) is 7.57. The Hall–Kier alpha value is -1.07. The summed E-state index contributed by atoms with van der Waals surface area (Å²) in [4.78, 5) is 0. The van der Waals surface area contributed by atoms with Crippen molar-refractivity contribution in [2.75, 3.05) is 18.1 Å². The van der Waals surface area contributed by atoms with E-state index in [2.05, 4.69) is 0 Å². The number of aliphatic hydroxyl groups is 1. The van der Waals surface area contributed by atoms with Crippen molar-refractivity contribution in [3.05, 3.63) is 29.3 Å². The third kappa shape index (κ3) is 3.96. The van der Waals surface area contributed by atoms with Gasteiger partial charge in [0.1, 0.15) is 12.4 Å². The van der Waals surface area contributed by atoms with Gasteiger partial charge in [0.15, 0.2) is 9.84 Å². The summed E-state index contributed by atoms with van der Waals surface area (Å²) in [5, 5.41) is 9.96. The topological polar surface area (TPSA) is 63.6 Å². The number of benzene rings is 1. The van der Waals surface area contributed by atoms with Crippen LogP contribution in [0.5, 0.6) is 5.75 Å². The molecule has 0 amide bonds. The molecule has 112 valence electrons. The van der Waals surface area contributed by atoms with Gasteiger partial charge in [0.05, 0.1) is 17.6 Å². The van der Waals surface area contributed by atoms with Gasteiger partial charge in [-0.3, -0.25) is 0 Å². The number of hydrogen-bond donors (Lipinski definition) is 1. The highest BCUT2D eigenvalue weighted by Gasteiger charge is 2.18. The molecule has 0 fully saturated rings. The number of sulfone groups is 1. The summed E-state index contributed by atoms with van der Waals surface area (Å²) in [5.74, 6) is 0.885. The second-order valence-electron chi connectivity index (χ2n) is 5.27. The van der Waals surface area contributed by atoms with Crippen LogP contribution >= 0.6 is 0 Å². The molecule has 5 heteroatoms. The van der Waals surface area contributed by atoms with Crippen LogP contribution < -0.4 is 4.74 Å². The summed E-state index contributed by atoms with van der Waals surface area (Å²) in [6, 6.07) is 5.66. The molecule has 0 radical (unpaired) electrons. The zero-order valence-corrected chi connectivity index (χ0v) is 12.7. The molecule has 0 heterocycles. The predicted octanol–water partition coefficient (Wildman–Crippen LogP) is 2.26. The molecule has 20 heavy (non-hydrogen) atoms. The summed E-state index contributed by atoms with van der Waals surface area (Å²) in [5.41, 5.74) is 2.08. The van der Waals surface area contributed by atoms with E-state index in [4.69, 9.17) is 4.74 Å². The lowest BCUT2D eigenvalue weighted by atomic mass is 9.89. The van der Waals surface area contributed by atoms with E-state index in [9.17, 15) is 13.5 Å². The average Bonchev–Trinajstić information content (AvgIpc) is 2.39. The van der Waals surface area contributed by atoms with Gasteiger partial charge in [0.25, 0.3) is 0 Å². The molecule has 4 nitrogen and oxygen atoms in total. The summed E-state index contributed by atoms with van der Waals surface area (Å²) in [7, 11) is -3.00. The molecular weight excluding hydrogens is 276 g/mol. The van der Waals surface area contributed by atoms with Gasteiger partial charge in [0, 0.05) is 0 Å². The lowest BCUT2D eigenvalue weighted by Crippen LogP contribution is -2.17. The van der Waals surface area contributed by atoms with Crippen LogP contribution in [-0.4, -0.2) is 31.6 Å². The SMILES string of the molecule is CCCS(=O)(=O)CCOc1ccc2c(c1)[C@H](O)CCC2. The first-order valence-corrected chi connectivity index (χ1v) is 8.98. The highest BCUT2D eigenvalue weighted by molar-refractivity contribution is 7.91. The number of aryl methyl sites for hydroxylation is 1. The smallest absolute Gasteiger partial charge is 0.153 e.